The van der Waals surface area contributed by atoms with Crippen LogP contribution in [0.4, 0.5) is 11.4 Å². The van der Waals surface area contributed by atoms with E-state index >= 15 is 0 Å². The minimum absolute atomic E-state index is 0.0785. The summed E-state index contributed by atoms with van der Waals surface area (Å²) in [5.74, 6) is -0.899. The van der Waals surface area contributed by atoms with Crippen molar-refractivity contribution < 1.29 is 14.5 Å². The molecule has 0 unspecified atom stereocenters. The number of benzene rings is 2. The van der Waals surface area contributed by atoms with Crippen molar-refractivity contribution in [3.63, 3.8) is 0 Å². The van der Waals surface area contributed by atoms with Crippen molar-refractivity contribution in [2.75, 3.05) is 5.01 Å². The van der Waals surface area contributed by atoms with Crippen molar-refractivity contribution in [3.8, 4) is 0 Å². The fourth-order valence-electron chi connectivity index (χ4n) is 2.53. The zero-order valence-electron chi connectivity index (χ0n) is 13.9. The fraction of sp³-hybridized carbons (Fsp3) is 0.118. The van der Waals surface area contributed by atoms with Crippen LogP contribution in [0.2, 0.25) is 10.0 Å². The van der Waals surface area contributed by atoms with Gasteiger partial charge in [-0.3, -0.25) is 19.7 Å². The molecule has 1 heterocycles. The summed E-state index contributed by atoms with van der Waals surface area (Å²) in [6.45, 7) is 1.75. The molecule has 1 aliphatic heterocycles. The summed E-state index contributed by atoms with van der Waals surface area (Å²) >= 11 is 12.2. The van der Waals surface area contributed by atoms with Crippen LogP contribution in [-0.2, 0) is 4.79 Å². The predicted octanol–water partition coefficient (Wildman–Crippen LogP) is 3.69. The molecular weight excluding hydrogens is 395 g/mol. The SMILES string of the molecule is Cc1ccc(Cl)c(Cl)c1N1N=C(NC(=O)c2cccc([N+](=O)[O-])c2)CC1=O. The number of hydrogen-bond donors (Lipinski definition) is 1. The number of amidine groups is 1. The number of nitrogens with zero attached hydrogens (tertiary/aromatic N) is 3. The molecule has 2 amide bonds. The standard InChI is InChI=1S/C17H12Cl2N4O4/c1-9-5-6-12(18)15(19)16(9)22-14(24)8-13(21-22)20-17(25)10-3-2-4-11(7-10)23(26)27/h2-7H,8H2,1H3,(H,20,21,25). The van der Waals surface area contributed by atoms with Crippen LogP contribution in [0.1, 0.15) is 22.3 Å². The molecule has 0 radical (unpaired) electrons. The first-order chi connectivity index (χ1) is 12.8. The van der Waals surface area contributed by atoms with Gasteiger partial charge in [-0.05, 0) is 24.6 Å². The smallest absolute Gasteiger partial charge is 0.270 e. The van der Waals surface area contributed by atoms with E-state index in [2.05, 4.69) is 10.4 Å². The molecule has 1 aliphatic rings. The van der Waals surface area contributed by atoms with Gasteiger partial charge in [0, 0.05) is 17.7 Å². The van der Waals surface area contributed by atoms with Crippen LogP contribution in [0.25, 0.3) is 0 Å². The highest BCUT2D eigenvalue weighted by Gasteiger charge is 2.30. The normalized spacial score (nSPS) is 13.5. The zero-order chi connectivity index (χ0) is 19.7. The van der Waals surface area contributed by atoms with Gasteiger partial charge in [-0.2, -0.15) is 10.1 Å². The summed E-state index contributed by atoms with van der Waals surface area (Å²) in [5, 5.41) is 19.0. The van der Waals surface area contributed by atoms with Gasteiger partial charge in [0.2, 0.25) is 0 Å². The van der Waals surface area contributed by atoms with Crippen LogP contribution in [-0.4, -0.2) is 22.6 Å². The Labute approximate surface area is 163 Å². The molecule has 2 aromatic rings. The van der Waals surface area contributed by atoms with Gasteiger partial charge in [0.15, 0.2) is 0 Å². The van der Waals surface area contributed by atoms with Crippen molar-refractivity contribution in [2.45, 2.75) is 13.3 Å². The van der Waals surface area contributed by atoms with Crippen LogP contribution in [0.15, 0.2) is 41.5 Å². The monoisotopic (exact) mass is 406 g/mol. The number of rotatable bonds is 3. The van der Waals surface area contributed by atoms with Crippen LogP contribution >= 0.6 is 23.2 Å². The maximum Gasteiger partial charge on any atom is 0.270 e. The summed E-state index contributed by atoms with van der Waals surface area (Å²) in [6.07, 6.45) is -0.150. The van der Waals surface area contributed by atoms with E-state index in [1.165, 1.54) is 18.2 Å². The van der Waals surface area contributed by atoms with Crippen molar-refractivity contribution in [3.05, 3.63) is 67.7 Å². The molecule has 0 bridgehead atoms. The van der Waals surface area contributed by atoms with Gasteiger partial charge >= 0.3 is 0 Å². The number of amides is 2. The highest BCUT2D eigenvalue weighted by atomic mass is 35.5. The Morgan fingerprint density at radius 2 is 2.04 bits per heavy atom. The van der Waals surface area contributed by atoms with Gasteiger partial charge in [-0.1, -0.05) is 35.3 Å². The molecule has 0 aliphatic carbocycles. The lowest BCUT2D eigenvalue weighted by molar-refractivity contribution is -0.384. The second-order valence-corrected chi connectivity index (χ2v) is 6.50. The van der Waals surface area contributed by atoms with E-state index in [-0.39, 0.29) is 33.6 Å². The Hall–Kier alpha value is -2.97. The molecule has 0 atom stereocenters. The highest BCUT2D eigenvalue weighted by molar-refractivity contribution is 6.44. The average molecular weight is 407 g/mol. The molecule has 0 aromatic heterocycles. The molecule has 0 spiro atoms. The summed E-state index contributed by atoms with van der Waals surface area (Å²) in [4.78, 5) is 34.9. The van der Waals surface area contributed by atoms with Crippen molar-refractivity contribution in [1.82, 2.24) is 5.32 Å². The minimum atomic E-state index is -0.610. The van der Waals surface area contributed by atoms with Gasteiger partial charge in [0.1, 0.15) is 5.84 Å². The molecule has 0 saturated carbocycles. The fourth-order valence-corrected chi connectivity index (χ4v) is 2.98. The first-order valence-electron chi connectivity index (χ1n) is 7.68. The topological polar surface area (TPSA) is 105 Å². The molecule has 27 heavy (non-hydrogen) atoms. The number of hydrazone groups is 1. The Morgan fingerprint density at radius 1 is 1.30 bits per heavy atom. The number of nitro benzene ring substituents is 1. The first kappa shape index (κ1) is 18.8. The third-order valence-electron chi connectivity index (χ3n) is 3.84. The van der Waals surface area contributed by atoms with E-state index in [4.69, 9.17) is 23.2 Å². The Balaban J connectivity index is 1.85. The number of non-ortho nitro benzene ring substituents is 1. The van der Waals surface area contributed by atoms with Crippen LogP contribution < -0.4 is 10.3 Å². The quantitative estimate of drug-likeness (QED) is 0.619. The van der Waals surface area contributed by atoms with Gasteiger partial charge in [-0.25, -0.2) is 0 Å². The van der Waals surface area contributed by atoms with Gasteiger partial charge < -0.3 is 5.32 Å². The Kier molecular flexibility index (Phi) is 5.11. The number of halogens is 2. The molecule has 0 fully saturated rings. The largest absolute Gasteiger partial charge is 0.308 e. The van der Waals surface area contributed by atoms with E-state index in [0.29, 0.717) is 11.3 Å². The summed E-state index contributed by atoms with van der Waals surface area (Å²) in [6, 6.07) is 8.55. The zero-order valence-corrected chi connectivity index (χ0v) is 15.4. The molecular formula is C17H12Cl2N4O4. The number of nitrogens with one attached hydrogen (secondary N) is 1. The van der Waals surface area contributed by atoms with Crippen LogP contribution in [0.5, 0.6) is 0 Å². The summed E-state index contributed by atoms with van der Waals surface area (Å²) in [5.41, 5.74) is 0.895. The Bertz CT molecular complexity index is 1010. The molecule has 10 heteroatoms. The maximum atomic E-state index is 12.3. The van der Waals surface area contributed by atoms with Crippen molar-refractivity contribution in [2.24, 2.45) is 5.10 Å². The predicted molar refractivity (Wildman–Crippen MR) is 101 cm³/mol. The molecule has 2 aromatic carbocycles. The van der Waals surface area contributed by atoms with Crippen molar-refractivity contribution in [1.29, 1.82) is 0 Å². The summed E-state index contributed by atoms with van der Waals surface area (Å²) < 4.78 is 0. The highest BCUT2D eigenvalue weighted by Crippen LogP contribution is 2.37. The summed E-state index contributed by atoms with van der Waals surface area (Å²) in [7, 11) is 0. The van der Waals surface area contributed by atoms with Gasteiger partial charge in [-0.15, -0.1) is 0 Å². The minimum Gasteiger partial charge on any atom is -0.308 e. The van der Waals surface area contributed by atoms with E-state index in [0.717, 1.165) is 11.1 Å². The number of carbonyl (C=O) groups is 2. The van der Waals surface area contributed by atoms with Gasteiger partial charge in [0.05, 0.1) is 27.1 Å². The number of hydrogen-bond acceptors (Lipinski definition) is 5. The third kappa shape index (κ3) is 3.76. The maximum absolute atomic E-state index is 12.3. The van der Waals surface area contributed by atoms with E-state index in [1.54, 1.807) is 19.1 Å². The molecule has 138 valence electrons. The lowest BCUT2D eigenvalue weighted by Crippen LogP contribution is -2.29. The first-order valence-corrected chi connectivity index (χ1v) is 8.44. The third-order valence-corrected chi connectivity index (χ3v) is 4.63. The molecule has 0 saturated heterocycles. The van der Waals surface area contributed by atoms with E-state index < -0.39 is 16.7 Å². The number of nitro groups is 1. The molecule has 8 nitrogen and oxygen atoms in total. The van der Waals surface area contributed by atoms with E-state index in [1.807, 2.05) is 0 Å². The molecule has 3 rings (SSSR count). The van der Waals surface area contributed by atoms with E-state index in [9.17, 15) is 19.7 Å². The average Bonchev–Trinajstić information content (AvgIpc) is 2.98. The van der Waals surface area contributed by atoms with Crippen LogP contribution in [0, 0.1) is 17.0 Å². The lowest BCUT2D eigenvalue weighted by Gasteiger charge is -2.16. The number of carbonyl (C=O) groups excluding carboxylic acids is 2. The Morgan fingerprint density at radius 3 is 2.74 bits per heavy atom. The second kappa shape index (κ2) is 7.34. The van der Waals surface area contributed by atoms with Crippen molar-refractivity contribution >= 4 is 52.2 Å². The molecule has 1 N–H and O–H groups in total. The number of aryl methyl sites for hydroxylation is 1. The van der Waals surface area contributed by atoms with Crippen LogP contribution in [0.3, 0.4) is 0 Å². The number of anilines is 1. The lowest BCUT2D eigenvalue weighted by atomic mass is 10.2. The van der Waals surface area contributed by atoms with Gasteiger partial charge in [0.25, 0.3) is 17.5 Å². The second-order valence-electron chi connectivity index (χ2n) is 5.72.